The van der Waals surface area contributed by atoms with Crippen LogP contribution < -0.4 is 0 Å². The number of rotatable bonds is 3. The Morgan fingerprint density at radius 1 is 1.50 bits per heavy atom. The zero-order valence-electron chi connectivity index (χ0n) is 11.0. The quantitative estimate of drug-likeness (QED) is 0.485. The van der Waals surface area contributed by atoms with Crippen LogP contribution in [0.4, 0.5) is 0 Å². The maximum absolute atomic E-state index is 7.17. The third-order valence-corrected chi connectivity index (χ3v) is 4.91. The van der Waals surface area contributed by atoms with Gasteiger partial charge in [-0.15, -0.1) is 0 Å². The fraction of sp³-hybridized carbons (Fsp3) is 0.800. The SMILES string of the molecule is [C-]#[N+]C(C)(C)CCC1=CC[C@H]2C[C@@H]1C2(C)C. The summed E-state index contributed by atoms with van der Waals surface area (Å²) in [6, 6.07) is 0. The molecular weight excluding hydrogens is 194 g/mol. The van der Waals surface area contributed by atoms with Gasteiger partial charge in [0.25, 0.3) is 0 Å². The van der Waals surface area contributed by atoms with E-state index in [0.29, 0.717) is 5.41 Å². The number of nitrogens with zero attached hydrogens (tertiary/aromatic N) is 1. The molecule has 88 valence electrons. The molecule has 3 aliphatic carbocycles. The zero-order valence-corrected chi connectivity index (χ0v) is 11.0. The van der Waals surface area contributed by atoms with E-state index in [1.807, 2.05) is 0 Å². The number of fused-ring (bicyclic) bond motifs is 1. The van der Waals surface area contributed by atoms with Crippen LogP contribution in [0.15, 0.2) is 11.6 Å². The smallest absolute Gasteiger partial charge is 0.227 e. The van der Waals surface area contributed by atoms with Gasteiger partial charge in [-0.25, -0.2) is 6.57 Å². The van der Waals surface area contributed by atoms with Gasteiger partial charge in [0.15, 0.2) is 0 Å². The van der Waals surface area contributed by atoms with E-state index in [-0.39, 0.29) is 5.54 Å². The van der Waals surface area contributed by atoms with Gasteiger partial charge in [-0.2, -0.15) is 0 Å². The van der Waals surface area contributed by atoms with Crippen molar-refractivity contribution in [3.63, 3.8) is 0 Å². The maximum atomic E-state index is 7.17. The van der Waals surface area contributed by atoms with Gasteiger partial charge >= 0.3 is 0 Å². The first-order chi connectivity index (χ1) is 7.37. The third kappa shape index (κ3) is 1.79. The molecule has 0 spiro atoms. The van der Waals surface area contributed by atoms with Crippen molar-refractivity contribution in [3.05, 3.63) is 23.1 Å². The molecule has 3 aliphatic rings. The second-order valence-electron chi connectivity index (χ2n) is 6.75. The van der Waals surface area contributed by atoms with Crippen LogP contribution in [-0.4, -0.2) is 5.54 Å². The molecule has 1 fully saturated rings. The Kier molecular flexibility index (Phi) is 2.65. The normalized spacial score (nSPS) is 31.3. The van der Waals surface area contributed by atoms with Crippen molar-refractivity contribution in [2.75, 3.05) is 0 Å². The van der Waals surface area contributed by atoms with Crippen molar-refractivity contribution in [2.45, 2.75) is 58.9 Å². The van der Waals surface area contributed by atoms with Crippen molar-refractivity contribution in [1.82, 2.24) is 0 Å². The van der Waals surface area contributed by atoms with E-state index in [9.17, 15) is 0 Å². The van der Waals surface area contributed by atoms with E-state index >= 15 is 0 Å². The molecule has 0 aromatic heterocycles. The van der Waals surface area contributed by atoms with Gasteiger partial charge in [-0.05, 0) is 36.5 Å². The van der Waals surface area contributed by atoms with Crippen LogP contribution in [0, 0.1) is 23.8 Å². The molecule has 0 aliphatic heterocycles. The van der Waals surface area contributed by atoms with Crippen LogP contribution in [0.2, 0.25) is 0 Å². The standard InChI is InChI=1S/C15H23N/c1-14(2,16-5)9-8-11-6-7-12-10-13(11)15(12,3)4/h6,12-13H,7-10H2,1-4H3/t12-,13-/m0/s1. The third-order valence-electron chi connectivity index (χ3n) is 4.91. The lowest BCUT2D eigenvalue weighted by molar-refractivity contribution is -0.00861. The van der Waals surface area contributed by atoms with Crippen LogP contribution in [0.25, 0.3) is 4.85 Å². The Labute approximate surface area is 99.7 Å². The largest absolute Gasteiger partial charge is 0.311 e. The van der Waals surface area contributed by atoms with Crippen LogP contribution in [0.3, 0.4) is 0 Å². The molecular formula is C15H23N. The molecule has 1 saturated carbocycles. The molecule has 0 aromatic rings. The summed E-state index contributed by atoms with van der Waals surface area (Å²) in [6.07, 6.45) is 7.29. The average molecular weight is 217 g/mol. The van der Waals surface area contributed by atoms with Gasteiger partial charge in [0.05, 0.1) is 0 Å². The first-order valence-corrected chi connectivity index (χ1v) is 6.44. The molecule has 0 saturated heterocycles. The molecule has 16 heavy (non-hydrogen) atoms. The molecule has 2 bridgehead atoms. The summed E-state index contributed by atoms with van der Waals surface area (Å²) in [6.45, 7) is 16.1. The first-order valence-electron chi connectivity index (χ1n) is 6.44. The lowest BCUT2D eigenvalue weighted by atomic mass is 9.48. The minimum Gasteiger partial charge on any atom is -0.311 e. The number of hydrogen-bond acceptors (Lipinski definition) is 0. The summed E-state index contributed by atoms with van der Waals surface area (Å²) in [5, 5.41) is 0. The van der Waals surface area contributed by atoms with E-state index in [4.69, 9.17) is 6.57 Å². The minimum atomic E-state index is -0.175. The highest BCUT2D eigenvalue weighted by Gasteiger charge is 2.50. The predicted molar refractivity (Wildman–Crippen MR) is 68.0 cm³/mol. The highest BCUT2D eigenvalue weighted by atomic mass is 14.8. The molecule has 0 amide bonds. The summed E-state index contributed by atoms with van der Waals surface area (Å²) in [7, 11) is 0. The molecule has 0 radical (unpaired) electrons. The summed E-state index contributed by atoms with van der Waals surface area (Å²) in [4.78, 5) is 3.70. The lowest BCUT2D eigenvalue weighted by Gasteiger charge is -2.56. The molecule has 1 nitrogen and oxygen atoms in total. The minimum absolute atomic E-state index is 0.175. The Morgan fingerprint density at radius 2 is 2.19 bits per heavy atom. The molecule has 0 N–H and O–H groups in total. The second-order valence-corrected chi connectivity index (χ2v) is 6.75. The van der Waals surface area contributed by atoms with Gasteiger partial charge in [0, 0.05) is 20.3 Å². The van der Waals surface area contributed by atoms with Gasteiger partial charge < -0.3 is 4.85 Å². The second kappa shape index (κ2) is 3.62. The van der Waals surface area contributed by atoms with Crippen molar-refractivity contribution in [1.29, 1.82) is 0 Å². The van der Waals surface area contributed by atoms with Crippen molar-refractivity contribution >= 4 is 0 Å². The average Bonchev–Trinajstić information content (AvgIpc) is 2.26. The maximum Gasteiger partial charge on any atom is 0.227 e. The van der Waals surface area contributed by atoms with E-state index in [2.05, 4.69) is 38.6 Å². The fourth-order valence-corrected chi connectivity index (χ4v) is 3.26. The molecule has 0 heterocycles. The van der Waals surface area contributed by atoms with E-state index in [1.165, 1.54) is 12.8 Å². The van der Waals surface area contributed by atoms with Crippen LogP contribution in [0.1, 0.15) is 53.4 Å². The van der Waals surface area contributed by atoms with Crippen LogP contribution >= 0.6 is 0 Å². The Hall–Kier alpha value is -0.770. The highest BCUT2D eigenvalue weighted by molar-refractivity contribution is 5.23. The summed E-state index contributed by atoms with van der Waals surface area (Å²) >= 11 is 0. The van der Waals surface area contributed by atoms with E-state index in [1.54, 1.807) is 5.57 Å². The van der Waals surface area contributed by atoms with Gasteiger partial charge in [0.1, 0.15) is 0 Å². The van der Waals surface area contributed by atoms with Crippen LogP contribution in [-0.2, 0) is 0 Å². The van der Waals surface area contributed by atoms with Gasteiger partial charge in [-0.1, -0.05) is 25.5 Å². The summed E-state index contributed by atoms with van der Waals surface area (Å²) < 4.78 is 0. The highest BCUT2D eigenvalue weighted by Crippen LogP contribution is 2.60. The molecule has 1 heteroatoms. The van der Waals surface area contributed by atoms with Crippen LogP contribution in [0.5, 0.6) is 0 Å². The molecule has 0 unspecified atom stereocenters. The van der Waals surface area contributed by atoms with Gasteiger partial charge in [0.2, 0.25) is 5.54 Å². The first kappa shape index (κ1) is 11.7. The molecule has 0 aromatic carbocycles. The van der Waals surface area contributed by atoms with E-state index < -0.39 is 0 Å². The Balaban J connectivity index is 1.98. The van der Waals surface area contributed by atoms with Crippen molar-refractivity contribution < 1.29 is 0 Å². The summed E-state index contributed by atoms with van der Waals surface area (Å²) in [5.41, 5.74) is 2.00. The van der Waals surface area contributed by atoms with E-state index in [0.717, 1.165) is 24.7 Å². The predicted octanol–water partition coefficient (Wildman–Crippen LogP) is 4.46. The lowest BCUT2D eigenvalue weighted by Crippen LogP contribution is -2.48. The van der Waals surface area contributed by atoms with Crippen molar-refractivity contribution in [3.8, 4) is 0 Å². The molecule has 2 atom stereocenters. The zero-order chi connectivity index (χ0) is 12.0. The Bertz CT molecular complexity index is 354. The Morgan fingerprint density at radius 3 is 2.69 bits per heavy atom. The molecule has 3 rings (SSSR count). The topological polar surface area (TPSA) is 4.36 Å². The number of allylic oxidation sites excluding steroid dienone is 2. The van der Waals surface area contributed by atoms with Gasteiger partial charge in [-0.3, -0.25) is 0 Å². The van der Waals surface area contributed by atoms with Crippen molar-refractivity contribution in [2.24, 2.45) is 17.3 Å². The number of hydrogen-bond donors (Lipinski definition) is 0. The fourth-order valence-electron chi connectivity index (χ4n) is 3.26. The monoisotopic (exact) mass is 217 g/mol. The summed E-state index contributed by atoms with van der Waals surface area (Å²) in [5.74, 6) is 1.74.